The summed E-state index contributed by atoms with van der Waals surface area (Å²) in [4.78, 5) is 28.8. The second-order valence-electron chi connectivity index (χ2n) is 24.0. The molecule has 12 rings (SSSR count). The van der Waals surface area contributed by atoms with E-state index in [9.17, 15) is 9.69 Å². The molecule has 7 aromatic heterocycles. The maximum Gasteiger partial charge on any atom is 1.00 e. The summed E-state index contributed by atoms with van der Waals surface area (Å²) in [7, 11) is -3.36. The Hall–Kier alpha value is -3.86. The fraction of sp³-hybridized carbons (Fsp3) is 0.493. The van der Waals surface area contributed by atoms with E-state index >= 15 is 8.78 Å². The van der Waals surface area contributed by atoms with Gasteiger partial charge in [-0.15, -0.1) is 0 Å². The molecule has 3 saturated heterocycles. The zero-order chi connectivity index (χ0) is 75.1. The molecule has 0 spiro atoms. The SMILES string of the molecule is BrCCOC1CCCCO1.CC(Oc1ccc2c(c1)c(C(F)=Cc1cnn(CCO)c1)nn2C1CCCCO1)c1c(Cl)cncc1Cl.CCCn1cc(C=O)cn1.CCCn1cc(I)cn1.CCO[P+](C)(O)C(F)c1nn(C2CCCCO2)c2ccc(OC(C)c3c(Cl)cncc3Cl)cc12.OCCBr.[H-].[Na+]. The molecule has 23 nitrogen and oxygen atoms in total. The van der Waals surface area contributed by atoms with E-state index in [1.54, 1.807) is 62.4 Å². The largest absolute Gasteiger partial charge is 1.00 e. The van der Waals surface area contributed by atoms with Crippen molar-refractivity contribution in [3.05, 3.63) is 156 Å². The number of aromatic nitrogens is 12. The molecule has 3 aliphatic rings. The quantitative estimate of drug-likeness (QED) is 0.0158. The standard InChI is InChI=1S/C26H26Cl2FN5O3.C23H28Cl2FN3O4P.C7H13BrO2.C7H10N2O.C6H9IN2.C2H5BrO.Na.H/c1-16(25-20(27)13-30-14-21(25)28)37-18-5-6-23-19(11-18)26(32-34(23)24-4-2-3-9-36-24)22(29)10-17-12-31-33(15-17)7-8-35;1-4-32-34(3,30)23(26)22-16-11-15(33-14(2)21-17(24)12-27-13-18(21)25)8-9-19(16)29(28-22)20-7-5-6-10-31-20;8-4-6-10-7-3-1-2-5-9-7;1-2-3-9-5-7(6-10)4-8-9;1-2-3-9-5-6(7)4-8-9;3-1-2-4;;/h5-6,10-16,24,35H,2-4,7-9H2,1H3;8-9,11-14,20,23,30H,4-7,10H2,1-3H3;7H,1-6H2;4-6H,2-3H2,1H3;4-5H,2-3H2,1H3;4H,1-2H2;;/q;+1;;;;;+1;-1. The first-order chi connectivity index (χ1) is 50.2. The van der Waals surface area contributed by atoms with Gasteiger partial charge >= 0.3 is 43.2 Å². The maximum atomic E-state index is 15.7. The summed E-state index contributed by atoms with van der Waals surface area (Å²) in [5.74, 6) is -1.31. The van der Waals surface area contributed by atoms with Crippen molar-refractivity contribution in [2.45, 2.75) is 162 Å². The molecule has 105 heavy (non-hydrogen) atoms. The van der Waals surface area contributed by atoms with Crippen LogP contribution in [0.1, 0.15) is 176 Å². The van der Waals surface area contributed by atoms with Crippen molar-refractivity contribution in [2.75, 3.05) is 63.6 Å². The second kappa shape index (κ2) is 47.4. The number of benzene rings is 2. The molecule has 3 fully saturated rings. The van der Waals surface area contributed by atoms with Crippen molar-refractivity contribution < 1.29 is 92.6 Å². The summed E-state index contributed by atoms with van der Waals surface area (Å²) >= 11 is 33.7. The molecule has 2 aromatic carbocycles. The number of carbonyl (C=O) groups excluding carboxylic acids is 1. The Morgan fingerprint density at radius 2 is 1.17 bits per heavy atom. The number of hydrogen-bond acceptors (Lipinski definition) is 18. The van der Waals surface area contributed by atoms with Crippen LogP contribution in [0.4, 0.5) is 8.78 Å². The van der Waals surface area contributed by atoms with Gasteiger partial charge in [-0.1, -0.05) is 92.1 Å². The number of aliphatic hydroxyl groups excluding tert-OH is 2. The van der Waals surface area contributed by atoms with Gasteiger partial charge in [-0.05, 0) is 156 Å². The monoisotopic (exact) mass is 1810 g/mol. The third-order valence-corrected chi connectivity index (χ3v) is 20.2. The van der Waals surface area contributed by atoms with Gasteiger partial charge in [-0.25, -0.2) is 23.2 Å². The van der Waals surface area contributed by atoms with Gasteiger partial charge in [-0.3, -0.25) is 28.8 Å². The number of nitrogens with zero attached hydrogens (tertiary/aromatic N) is 12. The van der Waals surface area contributed by atoms with Crippen molar-refractivity contribution in [1.82, 2.24) is 58.9 Å². The number of hydrogen-bond donors (Lipinski definition) is 3. The Labute approximate surface area is 686 Å². The Morgan fingerprint density at radius 1 is 0.686 bits per heavy atom. The fourth-order valence-electron chi connectivity index (χ4n) is 11.1. The van der Waals surface area contributed by atoms with Crippen molar-refractivity contribution >= 4 is 149 Å². The van der Waals surface area contributed by atoms with E-state index in [1.807, 2.05) is 49.1 Å². The van der Waals surface area contributed by atoms with Gasteiger partial charge in [0.1, 0.15) is 41.8 Å². The number of pyridine rings is 2. The predicted molar refractivity (Wildman–Crippen MR) is 421 cm³/mol. The zero-order valence-electron chi connectivity index (χ0n) is 60.9. The van der Waals surface area contributed by atoms with E-state index in [0.717, 1.165) is 101 Å². The van der Waals surface area contributed by atoms with Crippen LogP contribution in [0.25, 0.3) is 33.7 Å². The van der Waals surface area contributed by atoms with Crippen LogP contribution in [0.5, 0.6) is 11.5 Å². The third kappa shape index (κ3) is 27.5. The van der Waals surface area contributed by atoms with E-state index in [1.165, 1.54) is 60.1 Å². The van der Waals surface area contributed by atoms with Crippen LogP contribution in [-0.2, 0) is 43.1 Å². The van der Waals surface area contributed by atoms with Crippen molar-refractivity contribution in [2.24, 2.45) is 0 Å². The third-order valence-electron chi connectivity index (χ3n) is 15.9. The fourth-order valence-corrected chi connectivity index (χ4v) is 14.4. The van der Waals surface area contributed by atoms with Gasteiger partial charge in [-0.2, -0.15) is 29.9 Å². The van der Waals surface area contributed by atoms with Crippen LogP contribution in [0.3, 0.4) is 0 Å². The first-order valence-corrected chi connectivity index (χ1v) is 41.4. The van der Waals surface area contributed by atoms with Gasteiger partial charge in [0.15, 0.2) is 30.9 Å². The van der Waals surface area contributed by atoms with E-state index < -0.39 is 31.7 Å². The van der Waals surface area contributed by atoms with Crippen LogP contribution < -0.4 is 39.0 Å². The van der Waals surface area contributed by atoms with Gasteiger partial charge < -0.3 is 40.1 Å². The molecule has 0 amide bonds. The number of carbonyl (C=O) groups is 1. The van der Waals surface area contributed by atoms with Crippen molar-refractivity contribution in [1.29, 1.82) is 0 Å². The molecule has 9 aromatic rings. The van der Waals surface area contributed by atoms with E-state index in [-0.39, 0.29) is 80.9 Å². The first-order valence-electron chi connectivity index (χ1n) is 34.4. The van der Waals surface area contributed by atoms with Gasteiger partial charge in [0.2, 0.25) is 0 Å². The Balaban J connectivity index is 0.000000264. The number of rotatable bonds is 25. The molecular weight excluding hydrogens is 1720 g/mol. The number of aliphatic hydroxyl groups is 2. The second-order valence-corrected chi connectivity index (χ2v) is 31.0. The zero-order valence-corrected chi connectivity index (χ0v) is 71.2. The molecule has 10 heterocycles. The van der Waals surface area contributed by atoms with Crippen LogP contribution in [0, 0.1) is 3.57 Å². The van der Waals surface area contributed by atoms with Crippen LogP contribution >= 0.6 is 109 Å². The summed E-state index contributed by atoms with van der Waals surface area (Å²) < 4.78 is 81.5. The predicted octanol–water partition coefficient (Wildman–Crippen LogP) is 15.7. The summed E-state index contributed by atoms with van der Waals surface area (Å²) in [6.45, 7) is 16.5. The first kappa shape index (κ1) is 90.0. The van der Waals surface area contributed by atoms with Crippen LogP contribution in [0.2, 0.25) is 20.1 Å². The van der Waals surface area contributed by atoms with Crippen molar-refractivity contribution in [3.63, 3.8) is 0 Å². The maximum absolute atomic E-state index is 15.7. The Kier molecular flexibility index (Phi) is 40.6. The van der Waals surface area contributed by atoms with E-state index in [0.29, 0.717) is 95.2 Å². The molecule has 7 atom stereocenters. The Morgan fingerprint density at radius 3 is 1.63 bits per heavy atom. The molecule has 0 radical (unpaired) electrons. The van der Waals surface area contributed by atoms with Crippen molar-refractivity contribution in [3.8, 4) is 11.5 Å². The molecule has 3 N–H and O–H groups in total. The number of fused-ring (bicyclic) bond motifs is 2. The van der Waals surface area contributed by atoms with Gasteiger partial charge in [0, 0.05) is 114 Å². The molecular formula is C71H92Br2Cl4F2IN12NaO11P+. The van der Waals surface area contributed by atoms with Gasteiger partial charge in [0.25, 0.3) is 0 Å². The number of halogens is 9. The molecule has 0 saturated carbocycles. The summed E-state index contributed by atoms with van der Waals surface area (Å²) in [5.41, 5.74) is 4.15. The Bertz CT molecular complexity index is 4060. The normalized spacial score (nSPS) is 17.2. The van der Waals surface area contributed by atoms with E-state index in [4.69, 9.17) is 89.6 Å². The average molecular weight is 1810 g/mol. The molecule has 7 unspecified atom stereocenters. The minimum absolute atomic E-state index is 0. The average Bonchev–Trinajstić information content (AvgIpc) is 1.62. The topological polar surface area (TPSA) is 257 Å². The van der Waals surface area contributed by atoms with E-state index in [2.05, 4.69) is 104 Å². The molecule has 34 heteroatoms. The minimum atomic E-state index is -3.36. The number of aryl methyl sites for hydroxylation is 2. The molecule has 0 aliphatic carbocycles. The van der Waals surface area contributed by atoms with Crippen LogP contribution in [-0.4, -0.2) is 150 Å². The van der Waals surface area contributed by atoms with Gasteiger partial charge in [0.05, 0.1) is 91.8 Å². The number of ether oxygens (including phenoxy) is 6. The van der Waals surface area contributed by atoms with Crippen LogP contribution in [0.15, 0.2) is 98.4 Å². The summed E-state index contributed by atoms with van der Waals surface area (Å²) in [6.07, 6.45) is 28.4. The molecule has 3 aliphatic heterocycles. The minimum Gasteiger partial charge on any atom is -1.00 e. The summed E-state index contributed by atoms with van der Waals surface area (Å²) in [6, 6.07) is 10.8. The summed E-state index contributed by atoms with van der Waals surface area (Å²) in [5, 5.41) is 42.7. The smallest absolute Gasteiger partial charge is 1.00 e. The molecule has 0 bridgehead atoms. The molecule has 570 valence electrons. The number of aldehydes is 1. The number of alkyl halides is 3.